The SMILES string of the molecule is Cc1c(C(=O)OC(C)C)sc(NC(=O)C(C)C)c1C(N)=O. The monoisotopic (exact) mass is 312 g/mol. The Labute approximate surface area is 127 Å². The minimum atomic E-state index is -0.689. The zero-order chi connectivity index (χ0) is 16.3. The largest absolute Gasteiger partial charge is 0.459 e. The van der Waals surface area contributed by atoms with Crippen molar-refractivity contribution in [1.29, 1.82) is 0 Å². The Morgan fingerprint density at radius 2 is 1.76 bits per heavy atom. The average Bonchev–Trinajstić information content (AvgIpc) is 2.65. The van der Waals surface area contributed by atoms with Crippen LogP contribution in [0.15, 0.2) is 0 Å². The molecule has 7 heteroatoms. The lowest BCUT2D eigenvalue weighted by Gasteiger charge is -2.06. The number of rotatable bonds is 5. The van der Waals surface area contributed by atoms with Gasteiger partial charge >= 0.3 is 5.97 Å². The summed E-state index contributed by atoms with van der Waals surface area (Å²) in [6.45, 7) is 8.54. The predicted molar refractivity (Wildman–Crippen MR) is 81.6 cm³/mol. The molecule has 0 spiro atoms. The van der Waals surface area contributed by atoms with Gasteiger partial charge in [-0.1, -0.05) is 13.8 Å². The molecule has 1 heterocycles. The number of nitrogens with one attached hydrogen (secondary N) is 1. The number of thiophene rings is 1. The highest BCUT2D eigenvalue weighted by atomic mass is 32.1. The second-order valence-corrected chi connectivity index (χ2v) is 6.24. The third kappa shape index (κ3) is 4.04. The average molecular weight is 312 g/mol. The Kier molecular flexibility index (Phi) is 5.48. The van der Waals surface area contributed by atoms with Crippen LogP contribution in [0.2, 0.25) is 0 Å². The number of primary amides is 1. The number of anilines is 1. The Morgan fingerprint density at radius 3 is 2.19 bits per heavy atom. The lowest BCUT2D eigenvalue weighted by molar-refractivity contribution is -0.118. The normalized spacial score (nSPS) is 10.8. The zero-order valence-corrected chi connectivity index (χ0v) is 13.6. The zero-order valence-electron chi connectivity index (χ0n) is 12.8. The molecule has 1 rings (SSSR count). The van der Waals surface area contributed by atoms with Gasteiger partial charge in [0.1, 0.15) is 9.88 Å². The number of carbonyl (C=O) groups is 3. The highest BCUT2D eigenvalue weighted by molar-refractivity contribution is 7.18. The van der Waals surface area contributed by atoms with E-state index in [9.17, 15) is 14.4 Å². The van der Waals surface area contributed by atoms with Crippen molar-refractivity contribution in [2.45, 2.75) is 40.7 Å². The van der Waals surface area contributed by atoms with Crippen molar-refractivity contribution in [3.63, 3.8) is 0 Å². The van der Waals surface area contributed by atoms with Crippen molar-refractivity contribution in [1.82, 2.24) is 0 Å². The Balaban J connectivity index is 3.22. The maximum atomic E-state index is 12.0. The van der Waals surface area contributed by atoms with Crippen LogP contribution >= 0.6 is 11.3 Å². The molecule has 0 aliphatic rings. The summed E-state index contributed by atoms with van der Waals surface area (Å²) in [5.74, 6) is -1.71. The second kappa shape index (κ2) is 6.71. The van der Waals surface area contributed by atoms with Crippen LogP contribution in [0, 0.1) is 12.8 Å². The smallest absolute Gasteiger partial charge is 0.348 e. The molecule has 21 heavy (non-hydrogen) atoms. The van der Waals surface area contributed by atoms with Crippen LogP contribution in [0.1, 0.15) is 53.3 Å². The van der Waals surface area contributed by atoms with Gasteiger partial charge in [0.2, 0.25) is 5.91 Å². The van der Waals surface area contributed by atoms with E-state index in [-0.39, 0.29) is 33.4 Å². The van der Waals surface area contributed by atoms with Crippen molar-refractivity contribution >= 4 is 34.1 Å². The number of esters is 1. The number of amides is 2. The number of hydrogen-bond acceptors (Lipinski definition) is 5. The van der Waals surface area contributed by atoms with Crippen molar-refractivity contribution in [2.24, 2.45) is 11.7 Å². The van der Waals surface area contributed by atoms with Gasteiger partial charge in [0.05, 0.1) is 11.7 Å². The topological polar surface area (TPSA) is 98.5 Å². The number of ether oxygens (including phenoxy) is 1. The van der Waals surface area contributed by atoms with E-state index in [0.717, 1.165) is 11.3 Å². The summed E-state index contributed by atoms with van der Waals surface area (Å²) in [6.07, 6.45) is -0.273. The predicted octanol–water partition coefficient (Wildman–Crippen LogP) is 2.32. The first kappa shape index (κ1) is 17.2. The van der Waals surface area contributed by atoms with Crippen LogP contribution in [0.4, 0.5) is 5.00 Å². The molecule has 0 aliphatic carbocycles. The van der Waals surface area contributed by atoms with E-state index < -0.39 is 11.9 Å². The van der Waals surface area contributed by atoms with Crippen molar-refractivity contribution in [3.05, 3.63) is 16.0 Å². The standard InChI is InChI=1S/C14H20N2O4S/c1-6(2)12(18)16-13-9(11(15)17)8(5)10(21-13)14(19)20-7(3)4/h6-7H,1-5H3,(H2,15,17)(H,16,18). The molecule has 0 unspecified atom stereocenters. The lowest BCUT2D eigenvalue weighted by Crippen LogP contribution is -2.20. The summed E-state index contributed by atoms with van der Waals surface area (Å²) < 4.78 is 5.12. The fourth-order valence-electron chi connectivity index (χ4n) is 1.62. The van der Waals surface area contributed by atoms with Crippen LogP contribution in [0.3, 0.4) is 0 Å². The number of nitrogens with two attached hydrogens (primary N) is 1. The molecule has 0 aliphatic heterocycles. The molecular weight excluding hydrogens is 292 g/mol. The van der Waals surface area contributed by atoms with Gasteiger partial charge in [-0.25, -0.2) is 4.79 Å². The van der Waals surface area contributed by atoms with Crippen molar-refractivity contribution < 1.29 is 19.1 Å². The first-order valence-corrected chi connectivity index (χ1v) is 7.41. The fraction of sp³-hybridized carbons (Fsp3) is 0.500. The van der Waals surface area contributed by atoms with E-state index in [4.69, 9.17) is 10.5 Å². The molecule has 1 aromatic heterocycles. The van der Waals surface area contributed by atoms with E-state index in [1.807, 2.05) is 0 Å². The summed E-state index contributed by atoms with van der Waals surface area (Å²) in [5, 5.41) is 2.92. The molecule has 0 aromatic carbocycles. The van der Waals surface area contributed by atoms with Gasteiger partial charge in [-0.15, -0.1) is 11.3 Å². The highest BCUT2D eigenvalue weighted by Gasteiger charge is 2.26. The highest BCUT2D eigenvalue weighted by Crippen LogP contribution is 2.33. The van der Waals surface area contributed by atoms with E-state index in [1.54, 1.807) is 34.6 Å². The molecule has 116 valence electrons. The molecule has 2 amide bonds. The summed E-state index contributed by atoms with van der Waals surface area (Å²) in [6, 6.07) is 0. The summed E-state index contributed by atoms with van der Waals surface area (Å²) >= 11 is 1.00. The van der Waals surface area contributed by atoms with Gasteiger partial charge in [-0.3, -0.25) is 9.59 Å². The fourth-order valence-corrected chi connectivity index (χ4v) is 2.71. The minimum Gasteiger partial charge on any atom is -0.459 e. The molecule has 0 saturated heterocycles. The molecule has 0 radical (unpaired) electrons. The van der Waals surface area contributed by atoms with E-state index in [1.165, 1.54) is 0 Å². The maximum Gasteiger partial charge on any atom is 0.348 e. The second-order valence-electron chi connectivity index (χ2n) is 5.22. The summed E-state index contributed by atoms with van der Waals surface area (Å²) in [5.41, 5.74) is 5.93. The summed E-state index contributed by atoms with van der Waals surface area (Å²) in [7, 11) is 0. The van der Waals surface area contributed by atoms with E-state index >= 15 is 0 Å². The molecule has 0 atom stereocenters. The molecule has 0 saturated carbocycles. The van der Waals surface area contributed by atoms with Gasteiger partial charge < -0.3 is 15.8 Å². The van der Waals surface area contributed by atoms with Crippen LogP contribution in [-0.2, 0) is 9.53 Å². The van der Waals surface area contributed by atoms with Crippen LogP contribution in [0.25, 0.3) is 0 Å². The third-order valence-corrected chi connectivity index (χ3v) is 3.87. The van der Waals surface area contributed by atoms with Crippen LogP contribution < -0.4 is 11.1 Å². The maximum absolute atomic E-state index is 12.0. The minimum absolute atomic E-state index is 0.157. The molecular formula is C14H20N2O4S. The molecule has 0 bridgehead atoms. The first-order valence-electron chi connectivity index (χ1n) is 6.60. The quantitative estimate of drug-likeness (QED) is 0.815. The first-order chi connectivity index (χ1) is 9.65. The van der Waals surface area contributed by atoms with Crippen LogP contribution in [-0.4, -0.2) is 23.9 Å². The number of carbonyl (C=O) groups excluding carboxylic acids is 3. The van der Waals surface area contributed by atoms with Gasteiger partial charge in [0.25, 0.3) is 5.91 Å². The van der Waals surface area contributed by atoms with Crippen molar-refractivity contribution in [3.8, 4) is 0 Å². The Bertz CT molecular complexity index is 576. The Hall–Kier alpha value is -1.89. The molecule has 3 N–H and O–H groups in total. The van der Waals surface area contributed by atoms with Gasteiger partial charge in [0.15, 0.2) is 0 Å². The van der Waals surface area contributed by atoms with Gasteiger partial charge in [-0.05, 0) is 26.3 Å². The van der Waals surface area contributed by atoms with Crippen LogP contribution in [0.5, 0.6) is 0 Å². The number of hydrogen-bond donors (Lipinski definition) is 2. The van der Waals surface area contributed by atoms with Crippen molar-refractivity contribution in [2.75, 3.05) is 5.32 Å². The van der Waals surface area contributed by atoms with E-state index in [0.29, 0.717) is 5.56 Å². The van der Waals surface area contributed by atoms with Gasteiger partial charge in [-0.2, -0.15) is 0 Å². The lowest BCUT2D eigenvalue weighted by atomic mass is 10.1. The molecule has 0 fully saturated rings. The summed E-state index contributed by atoms with van der Waals surface area (Å²) in [4.78, 5) is 35.6. The van der Waals surface area contributed by atoms with E-state index in [2.05, 4.69) is 5.32 Å². The van der Waals surface area contributed by atoms with Gasteiger partial charge in [0, 0.05) is 5.92 Å². The Morgan fingerprint density at radius 1 is 1.19 bits per heavy atom. The molecule has 1 aromatic rings. The molecule has 6 nitrogen and oxygen atoms in total. The third-order valence-electron chi connectivity index (χ3n) is 2.68.